The average Bonchev–Trinajstić information content (AvgIpc) is 3.15. The summed E-state index contributed by atoms with van der Waals surface area (Å²) < 4.78 is 0. The fourth-order valence-corrected chi connectivity index (χ4v) is 3.30. The Labute approximate surface area is 197 Å². The molecule has 0 amide bonds. The van der Waals surface area contributed by atoms with Gasteiger partial charge < -0.3 is 15.6 Å². The predicted molar refractivity (Wildman–Crippen MR) is 136 cm³/mol. The number of thioether (sulfide) groups is 1. The van der Waals surface area contributed by atoms with Crippen molar-refractivity contribution in [3.05, 3.63) is 76.0 Å². The maximum absolute atomic E-state index is 10.8. The van der Waals surface area contributed by atoms with Crippen LogP contribution in [0.25, 0.3) is 10.9 Å². The van der Waals surface area contributed by atoms with Crippen LogP contribution in [0.3, 0.4) is 0 Å². The van der Waals surface area contributed by atoms with Gasteiger partial charge in [0.2, 0.25) is 0 Å². The molecule has 1 heterocycles. The van der Waals surface area contributed by atoms with Crippen LogP contribution >= 0.6 is 35.7 Å². The van der Waals surface area contributed by atoms with Crippen molar-refractivity contribution < 1.29 is 4.92 Å². The molecule has 9 heteroatoms. The highest BCUT2D eigenvalue weighted by Crippen LogP contribution is 2.17. The lowest BCUT2D eigenvalue weighted by Crippen LogP contribution is -2.39. The molecule has 0 atom stereocenters. The quantitative estimate of drug-likeness (QED) is 0.0940. The summed E-state index contributed by atoms with van der Waals surface area (Å²) in [6.45, 7) is 2.03. The highest BCUT2D eigenvalue weighted by atomic mass is 127. The molecule has 30 heavy (non-hydrogen) atoms. The molecule has 0 bridgehead atoms. The summed E-state index contributed by atoms with van der Waals surface area (Å²) in [4.78, 5) is 18.3. The maximum atomic E-state index is 10.8. The second-order valence-corrected chi connectivity index (χ2v) is 7.53. The second-order valence-electron chi connectivity index (χ2n) is 6.54. The van der Waals surface area contributed by atoms with Crippen molar-refractivity contribution in [1.29, 1.82) is 0 Å². The number of rotatable bonds is 9. The monoisotopic (exact) mass is 539 g/mol. The average molecular weight is 539 g/mol. The molecule has 7 nitrogen and oxygen atoms in total. The molecular weight excluding hydrogens is 513 g/mol. The number of guanidine groups is 1. The van der Waals surface area contributed by atoms with Gasteiger partial charge in [0.25, 0.3) is 5.69 Å². The van der Waals surface area contributed by atoms with E-state index in [0.717, 1.165) is 42.3 Å². The van der Waals surface area contributed by atoms with Crippen molar-refractivity contribution in [1.82, 2.24) is 15.6 Å². The Kier molecular flexibility index (Phi) is 9.95. The molecule has 160 valence electrons. The lowest BCUT2D eigenvalue weighted by atomic mass is 10.1. The summed E-state index contributed by atoms with van der Waals surface area (Å²) in [6, 6.07) is 14.8. The van der Waals surface area contributed by atoms with Gasteiger partial charge in [-0.25, -0.2) is 4.99 Å². The first-order chi connectivity index (χ1) is 14.2. The van der Waals surface area contributed by atoms with E-state index in [1.807, 2.05) is 12.1 Å². The third kappa shape index (κ3) is 6.91. The summed E-state index contributed by atoms with van der Waals surface area (Å²) in [7, 11) is 0. The van der Waals surface area contributed by atoms with E-state index in [2.05, 4.69) is 45.2 Å². The molecule has 3 N–H and O–H groups in total. The van der Waals surface area contributed by atoms with Crippen molar-refractivity contribution in [2.24, 2.45) is 4.99 Å². The number of nitrogens with one attached hydrogen (secondary N) is 3. The van der Waals surface area contributed by atoms with Gasteiger partial charge in [0, 0.05) is 48.1 Å². The molecule has 0 spiro atoms. The van der Waals surface area contributed by atoms with E-state index in [1.165, 1.54) is 23.1 Å². The van der Waals surface area contributed by atoms with E-state index >= 15 is 0 Å². The minimum absolute atomic E-state index is 0. The third-order valence-corrected chi connectivity index (χ3v) is 5.14. The van der Waals surface area contributed by atoms with E-state index in [1.54, 1.807) is 23.9 Å². The molecule has 0 saturated carbocycles. The van der Waals surface area contributed by atoms with Gasteiger partial charge in [-0.2, -0.15) is 11.8 Å². The molecule has 0 aliphatic carbocycles. The number of aromatic amines is 1. The van der Waals surface area contributed by atoms with Crippen molar-refractivity contribution in [3.63, 3.8) is 0 Å². The molecule has 0 radical (unpaired) electrons. The lowest BCUT2D eigenvalue weighted by Gasteiger charge is -2.12. The summed E-state index contributed by atoms with van der Waals surface area (Å²) in [5, 5.41) is 18.7. The summed E-state index contributed by atoms with van der Waals surface area (Å²) >= 11 is 1.77. The number of aliphatic imine (C=N–C) groups is 1. The number of fused-ring (bicyclic) bond motifs is 1. The van der Waals surface area contributed by atoms with Crippen LogP contribution in [-0.4, -0.2) is 41.0 Å². The lowest BCUT2D eigenvalue weighted by molar-refractivity contribution is -0.384. The van der Waals surface area contributed by atoms with E-state index in [-0.39, 0.29) is 29.7 Å². The number of para-hydroxylation sites is 1. The Bertz CT molecular complexity index is 975. The number of benzene rings is 2. The van der Waals surface area contributed by atoms with Gasteiger partial charge in [0.05, 0.1) is 11.5 Å². The van der Waals surface area contributed by atoms with Crippen LogP contribution in [0.5, 0.6) is 0 Å². The zero-order valence-corrected chi connectivity index (χ0v) is 19.9. The van der Waals surface area contributed by atoms with Crippen molar-refractivity contribution in [2.45, 2.75) is 13.0 Å². The first-order valence-corrected chi connectivity index (χ1v) is 10.9. The van der Waals surface area contributed by atoms with Crippen LogP contribution in [0, 0.1) is 10.1 Å². The fourth-order valence-electron chi connectivity index (χ4n) is 2.99. The number of halogens is 1. The first-order valence-electron chi connectivity index (χ1n) is 9.47. The van der Waals surface area contributed by atoms with Crippen LogP contribution in [0.4, 0.5) is 5.69 Å². The van der Waals surface area contributed by atoms with Crippen LogP contribution in [0.15, 0.2) is 59.7 Å². The third-order valence-electron chi connectivity index (χ3n) is 4.53. The molecule has 0 fully saturated rings. The van der Waals surface area contributed by atoms with Gasteiger partial charge in [0.1, 0.15) is 0 Å². The van der Waals surface area contributed by atoms with Gasteiger partial charge in [0.15, 0.2) is 5.96 Å². The number of hydrogen-bond donors (Lipinski definition) is 3. The van der Waals surface area contributed by atoms with E-state index in [0.29, 0.717) is 6.54 Å². The fraction of sp³-hybridized carbons (Fsp3) is 0.286. The smallest absolute Gasteiger partial charge is 0.269 e. The largest absolute Gasteiger partial charge is 0.361 e. The molecule has 3 aromatic rings. The first kappa shape index (κ1) is 24.0. The van der Waals surface area contributed by atoms with Gasteiger partial charge >= 0.3 is 0 Å². The van der Waals surface area contributed by atoms with E-state index < -0.39 is 4.92 Å². The molecule has 0 saturated heterocycles. The van der Waals surface area contributed by atoms with E-state index in [4.69, 9.17) is 0 Å². The van der Waals surface area contributed by atoms with Crippen molar-refractivity contribution in [3.8, 4) is 0 Å². The van der Waals surface area contributed by atoms with Crippen LogP contribution in [0.2, 0.25) is 0 Å². The van der Waals surface area contributed by atoms with Gasteiger partial charge in [-0.15, -0.1) is 24.0 Å². The van der Waals surface area contributed by atoms with Crippen LogP contribution < -0.4 is 10.6 Å². The minimum atomic E-state index is -0.394. The maximum Gasteiger partial charge on any atom is 0.269 e. The highest BCUT2D eigenvalue weighted by molar-refractivity contribution is 14.0. The number of hydrogen-bond acceptors (Lipinski definition) is 4. The summed E-state index contributed by atoms with van der Waals surface area (Å²) in [6.07, 6.45) is 5.01. The zero-order valence-electron chi connectivity index (χ0n) is 16.8. The van der Waals surface area contributed by atoms with Crippen molar-refractivity contribution >= 4 is 58.3 Å². The summed E-state index contributed by atoms with van der Waals surface area (Å²) in [5.74, 6) is 1.73. The predicted octanol–water partition coefficient (Wildman–Crippen LogP) is 4.34. The molecule has 0 unspecified atom stereocenters. The van der Waals surface area contributed by atoms with Gasteiger partial charge in [-0.1, -0.05) is 30.3 Å². The molecule has 3 rings (SSSR count). The highest BCUT2D eigenvalue weighted by Gasteiger charge is 2.06. The SMILES string of the molecule is CSCCNC(=NCc1ccc([N+](=O)[O-])cc1)NCCc1c[nH]c2ccccc12.I. The van der Waals surface area contributed by atoms with Gasteiger partial charge in [-0.3, -0.25) is 10.1 Å². The topological polar surface area (TPSA) is 95.3 Å². The number of nitrogens with zero attached hydrogens (tertiary/aromatic N) is 2. The Morgan fingerprint density at radius 1 is 1.13 bits per heavy atom. The van der Waals surface area contributed by atoms with Gasteiger partial charge in [-0.05, 0) is 29.9 Å². The van der Waals surface area contributed by atoms with Crippen molar-refractivity contribution in [2.75, 3.05) is 25.1 Å². The number of non-ortho nitro benzene ring substituents is 1. The number of aromatic nitrogens is 1. The summed E-state index contributed by atoms with van der Waals surface area (Å²) in [5.41, 5.74) is 3.44. The Morgan fingerprint density at radius 3 is 2.60 bits per heavy atom. The zero-order chi connectivity index (χ0) is 20.5. The van der Waals surface area contributed by atoms with E-state index in [9.17, 15) is 10.1 Å². The number of nitro groups is 1. The van der Waals surface area contributed by atoms with Crippen LogP contribution in [0.1, 0.15) is 11.1 Å². The Balaban J connectivity index is 0.00000320. The molecule has 0 aliphatic heterocycles. The van der Waals surface area contributed by atoms with Crippen LogP contribution in [-0.2, 0) is 13.0 Å². The normalized spacial score (nSPS) is 11.2. The molecule has 1 aromatic heterocycles. The standard InChI is InChI=1S/C21H25N5O2S.HI/c1-29-13-12-23-21(25-14-16-6-8-18(9-7-16)26(27)28)22-11-10-17-15-24-20-5-3-2-4-19(17)20;/h2-9,15,24H,10-14H2,1H3,(H2,22,23,25);1H. The molecular formula is C21H26IN5O2S. The minimum Gasteiger partial charge on any atom is -0.361 e. The Morgan fingerprint density at radius 2 is 1.87 bits per heavy atom. The molecule has 0 aliphatic rings. The second kappa shape index (κ2) is 12.4. The Hall–Kier alpha value is -2.27. The molecule has 2 aromatic carbocycles. The number of H-pyrrole nitrogens is 1. The number of nitro benzene ring substituents is 1.